The smallest absolute Gasteiger partial charge is 0.231 e. The van der Waals surface area contributed by atoms with Crippen LogP contribution >= 0.6 is 0 Å². The highest BCUT2D eigenvalue weighted by Gasteiger charge is 2.24. The predicted molar refractivity (Wildman–Crippen MR) is 104 cm³/mol. The summed E-state index contributed by atoms with van der Waals surface area (Å²) in [5.74, 6) is 0.0521. The van der Waals surface area contributed by atoms with Crippen molar-refractivity contribution in [1.82, 2.24) is 0 Å². The van der Waals surface area contributed by atoms with Crippen LogP contribution in [0.3, 0.4) is 0 Å². The van der Waals surface area contributed by atoms with E-state index in [-0.39, 0.29) is 11.8 Å². The maximum absolute atomic E-state index is 12.4. The summed E-state index contributed by atoms with van der Waals surface area (Å²) in [6, 6.07) is 13.9. The van der Waals surface area contributed by atoms with Crippen LogP contribution in [0.1, 0.15) is 24.0 Å². The molecule has 0 bridgehead atoms. The third kappa shape index (κ3) is 3.29. The lowest BCUT2D eigenvalue weighted by molar-refractivity contribution is -0.117. The molecule has 5 heteroatoms. The molecule has 5 nitrogen and oxygen atoms in total. The van der Waals surface area contributed by atoms with Crippen molar-refractivity contribution in [3.05, 3.63) is 53.6 Å². The minimum Gasteiger partial charge on any atom is -0.372 e. The average Bonchev–Trinajstić information content (AvgIpc) is 3.25. The summed E-state index contributed by atoms with van der Waals surface area (Å²) in [6.07, 6.45) is 3.22. The number of nitrogens with one attached hydrogen (secondary N) is 1. The van der Waals surface area contributed by atoms with Crippen LogP contribution in [-0.2, 0) is 22.4 Å². The highest BCUT2D eigenvalue weighted by Crippen LogP contribution is 2.28. The molecule has 2 amide bonds. The molecule has 0 unspecified atom stereocenters. The largest absolute Gasteiger partial charge is 0.372 e. The average molecular weight is 349 g/mol. The van der Waals surface area contributed by atoms with E-state index in [9.17, 15) is 9.59 Å². The molecule has 0 aromatic heterocycles. The molecule has 0 atom stereocenters. The van der Waals surface area contributed by atoms with E-state index in [0.717, 1.165) is 35.6 Å². The van der Waals surface area contributed by atoms with Gasteiger partial charge in [0, 0.05) is 37.2 Å². The Labute approximate surface area is 153 Å². The van der Waals surface area contributed by atoms with Crippen molar-refractivity contribution in [2.45, 2.75) is 25.7 Å². The SMILES string of the molecule is CN1C(=O)Cc2cc(CC(=O)Nc3ccc(N4CCCC4)cc3)ccc21. The Kier molecular flexibility index (Phi) is 4.37. The molecule has 0 radical (unpaired) electrons. The summed E-state index contributed by atoms with van der Waals surface area (Å²) >= 11 is 0. The molecule has 2 aromatic rings. The Morgan fingerprint density at radius 3 is 2.54 bits per heavy atom. The molecule has 0 aliphatic carbocycles. The van der Waals surface area contributed by atoms with Gasteiger partial charge in [-0.15, -0.1) is 0 Å². The summed E-state index contributed by atoms with van der Waals surface area (Å²) in [7, 11) is 1.78. The third-order valence-electron chi connectivity index (χ3n) is 5.21. The topological polar surface area (TPSA) is 52.7 Å². The van der Waals surface area contributed by atoms with Gasteiger partial charge in [0.2, 0.25) is 11.8 Å². The van der Waals surface area contributed by atoms with Crippen LogP contribution in [0.25, 0.3) is 0 Å². The quantitative estimate of drug-likeness (QED) is 0.923. The number of rotatable bonds is 4. The fourth-order valence-corrected chi connectivity index (χ4v) is 3.75. The van der Waals surface area contributed by atoms with Crippen LogP contribution < -0.4 is 15.1 Å². The molecule has 134 valence electrons. The fraction of sp³-hybridized carbons (Fsp3) is 0.333. The summed E-state index contributed by atoms with van der Waals surface area (Å²) < 4.78 is 0. The van der Waals surface area contributed by atoms with Gasteiger partial charge in [0.05, 0.1) is 12.8 Å². The van der Waals surface area contributed by atoms with E-state index < -0.39 is 0 Å². The number of anilines is 3. The Morgan fingerprint density at radius 2 is 1.81 bits per heavy atom. The minimum absolute atomic E-state index is 0.0449. The zero-order valence-corrected chi connectivity index (χ0v) is 15.0. The molecule has 4 rings (SSSR count). The first kappa shape index (κ1) is 16.6. The lowest BCUT2D eigenvalue weighted by atomic mass is 10.1. The van der Waals surface area contributed by atoms with Crippen molar-refractivity contribution in [2.24, 2.45) is 0 Å². The van der Waals surface area contributed by atoms with Gasteiger partial charge in [-0.3, -0.25) is 9.59 Å². The Morgan fingerprint density at radius 1 is 1.08 bits per heavy atom. The van der Waals surface area contributed by atoms with Gasteiger partial charge in [0.1, 0.15) is 0 Å². The van der Waals surface area contributed by atoms with Crippen molar-refractivity contribution in [1.29, 1.82) is 0 Å². The molecule has 2 heterocycles. The number of carbonyl (C=O) groups is 2. The standard InChI is InChI=1S/C21H23N3O2/c1-23-19-9-4-15(12-16(19)14-21(23)26)13-20(25)22-17-5-7-18(8-6-17)24-10-2-3-11-24/h4-9,12H,2-3,10-11,13-14H2,1H3,(H,22,25). The number of likely N-dealkylation sites (N-methyl/N-ethyl adjacent to an activating group) is 1. The maximum atomic E-state index is 12.4. The second-order valence-electron chi connectivity index (χ2n) is 7.06. The van der Waals surface area contributed by atoms with E-state index in [1.807, 2.05) is 30.3 Å². The number of amides is 2. The molecule has 1 N–H and O–H groups in total. The Balaban J connectivity index is 1.38. The number of fused-ring (bicyclic) bond motifs is 1. The van der Waals surface area contributed by atoms with Gasteiger partial charge in [-0.1, -0.05) is 12.1 Å². The lowest BCUT2D eigenvalue weighted by Gasteiger charge is -2.17. The molecular formula is C21H23N3O2. The third-order valence-corrected chi connectivity index (χ3v) is 5.21. The molecular weight excluding hydrogens is 326 g/mol. The zero-order valence-electron chi connectivity index (χ0n) is 15.0. The highest BCUT2D eigenvalue weighted by molar-refractivity contribution is 6.01. The first-order valence-corrected chi connectivity index (χ1v) is 9.13. The molecule has 26 heavy (non-hydrogen) atoms. The second kappa shape index (κ2) is 6.83. The molecule has 2 aromatic carbocycles. The number of benzene rings is 2. The van der Waals surface area contributed by atoms with Crippen LogP contribution in [0.4, 0.5) is 17.1 Å². The van der Waals surface area contributed by atoms with Gasteiger partial charge in [-0.05, 0) is 54.3 Å². The van der Waals surface area contributed by atoms with Crippen LogP contribution in [0, 0.1) is 0 Å². The Hall–Kier alpha value is -2.82. The monoisotopic (exact) mass is 349 g/mol. The van der Waals surface area contributed by atoms with E-state index in [0.29, 0.717) is 12.8 Å². The Bertz CT molecular complexity index is 839. The number of hydrogen-bond donors (Lipinski definition) is 1. The molecule has 0 spiro atoms. The van der Waals surface area contributed by atoms with Gasteiger partial charge >= 0.3 is 0 Å². The zero-order chi connectivity index (χ0) is 18.1. The van der Waals surface area contributed by atoms with E-state index in [1.165, 1.54) is 18.5 Å². The van der Waals surface area contributed by atoms with E-state index in [1.54, 1.807) is 11.9 Å². The lowest BCUT2D eigenvalue weighted by Crippen LogP contribution is -2.20. The second-order valence-corrected chi connectivity index (χ2v) is 7.06. The van der Waals surface area contributed by atoms with Crippen LogP contribution in [0.15, 0.2) is 42.5 Å². The normalized spacial score (nSPS) is 16.1. The number of nitrogens with zero attached hydrogens (tertiary/aromatic N) is 2. The van der Waals surface area contributed by atoms with E-state index in [2.05, 4.69) is 22.3 Å². The van der Waals surface area contributed by atoms with Crippen LogP contribution in [0.2, 0.25) is 0 Å². The van der Waals surface area contributed by atoms with Crippen LogP contribution in [-0.4, -0.2) is 32.0 Å². The summed E-state index contributed by atoms with van der Waals surface area (Å²) in [5, 5.41) is 2.96. The van der Waals surface area contributed by atoms with Crippen molar-refractivity contribution in [2.75, 3.05) is 35.3 Å². The molecule has 1 fully saturated rings. The summed E-state index contributed by atoms with van der Waals surface area (Å²) in [5.41, 5.74) is 4.90. The minimum atomic E-state index is -0.0449. The van der Waals surface area contributed by atoms with Gasteiger partial charge < -0.3 is 15.1 Å². The maximum Gasteiger partial charge on any atom is 0.231 e. The number of hydrogen-bond acceptors (Lipinski definition) is 3. The molecule has 2 aliphatic rings. The van der Waals surface area contributed by atoms with Gasteiger partial charge in [0.15, 0.2) is 0 Å². The summed E-state index contributed by atoms with van der Waals surface area (Å²) in [4.78, 5) is 28.2. The first-order valence-electron chi connectivity index (χ1n) is 9.13. The first-order chi connectivity index (χ1) is 12.6. The fourth-order valence-electron chi connectivity index (χ4n) is 3.75. The van der Waals surface area contributed by atoms with E-state index >= 15 is 0 Å². The highest BCUT2D eigenvalue weighted by atomic mass is 16.2. The van der Waals surface area contributed by atoms with Gasteiger partial charge in [0.25, 0.3) is 0 Å². The molecule has 1 saturated heterocycles. The van der Waals surface area contributed by atoms with Gasteiger partial charge in [-0.2, -0.15) is 0 Å². The summed E-state index contributed by atoms with van der Waals surface area (Å²) in [6.45, 7) is 2.23. The number of carbonyl (C=O) groups excluding carboxylic acids is 2. The van der Waals surface area contributed by atoms with Gasteiger partial charge in [-0.25, -0.2) is 0 Å². The van der Waals surface area contributed by atoms with E-state index in [4.69, 9.17) is 0 Å². The molecule has 2 aliphatic heterocycles. The molecule has 0 saturated carbocycles. The van der Waals surface area contributed by atoms with Crippen molar-refractivity contribution < 1.29 is 9.59 Å². The predicted octanol–water partition coefficient (Wildman–Crippen LogP) is 2.99. The van der Waals surface area contributed by atoms with Crippen LogP contribution in [0.5, 0.6) is 0 Å². The van der Waals surface area contributed by atoms with Crippen molar-refractivity contribution in [3.8, 4) is 0 Å². The van der Waals surface area contributed by atoms with Crippen molar-refractivity contribution >= 4 is 28.9 Å². The van der Waals surface area contributed by atoms with Crippen molar-refractivity contribution in [3.63, 3.8) is 0 Å².